The third kappa shape index (κ3) is 4.75. The van der Waals surface area contributed by atoms with Crippen molar-refractivity contribution >= 4 is 5.91 Å². The molecule has 19 heavy (non-hydrogen) atoms. The molecule has 0 heterocycles. The molecule has 104 valence electrons. The number of carbonyl (C=O) groups excluding carboxylic acids is 1. The summed E-state index contributed by atoms with van der Waals surface area (Å²) in [7, 11) is 3.50. The largest absolute Gasteiger partial charge is 0.489 e. The van der Waals surface area contributed by atoms with Crippen molar-refractivity contribution in [3.63, 3.8) is 0 Å². The topological polar surface area (TPSA) is 41.6 Å². The van der Waals surface area contributed by atoms with Crippen LogP contribution in [0.15, 0.2) is 36.9 Å². The van der Waals surface area contributed by atoms with Crippen molar-refractivity contribution in [2.45, 2.75) is 19.5 Å². The lowest BCUT2D eigenvalue weighted by Crippen LogP contribution is -2.41. The molecule has 4 heteroatoms. The van der Waals surface area contributed by atoms with Gasteiger partial charge in [-0.25, -0.2) is 0 Å². The van der Waals surface area contributed by atoms with Gasteiger partial charge in [-0.15, -0.1) is 0 Å². The van der Waals surface area contributed by atoms with Gasteiger partial charge in [-0.1, -0.05) is 30.9 Å². The van der Waals surface area contributed by atoms with Crippen molar-refractivity contribution in [2.24, 2.45) is 0 Å². The normalized spacial score (nSPS) is 11.7. The number of benzene rings is 1. The molecule has 0 aliphatic heterocycles. The zero-order valence-corrected chi connectivity index (χ0v) is 11.8. The number of para-hydroxylation sites is 1. The number of nitrogens with one attached hydrogen (secondary N) is 1. The van der Waals surface area contributed by atoms with Gasteiger partial charge in [-0.2, -0.15) is 0 Å². The molecule has 0 aromatic heterocycles. The van der Waals surface area contributed by atoms with Crippen LogP contribution in [-0.2, 0) is 11.3 Å². The van der Waals surface area contributed by atoms with E-state index < -0.39 is 0 Å². The van der Waals surface area contributed by atoms with E-state index in [1.165, 1.54) is 0 Å². The van der Waals surface area contributed by atoms with E-state index in [1.807, 2.05) is 31.2 Å². The van der Waals surface area contributed by atoms with Crippen molar-refractivity contribution in [1.82, 2.24) is 10.2 Å². The Kier molecular flexibility index (Phi) is 6.09. The fraction of sp³-hybridized carbons (Fsp3) is 0.400. The van der Waals surface area contributed by atoms with Crippen LogP contribution in [0.5, 0.6) is 5.75 Å². The Labute approximate surface area is 115 Å². The summed E-state index contributed by atoms with van der Waals surface area (Å²) >= 11 is 0. The maximum absolute atomic E-state index is 11.7. The summed E-state index contributed by atoms with van der Waals surface area (Å²) in [5.74, 6) is 0.879. The minimum Gasteiger partial charge on any atom is -0.489 e. The predicted octanol–water partition coefficient (Wildman–Crippen LogP) is 1.82. The average molecular weight is 262 g/mol. The maximum atomic E-state index is 11.7. The van der Waals surface area contributed by atoms with Crippen LogP contribution in [0.25, 0.3) is 0 Å². The molecule has 1 aromatic carbocycles. The first kappa shape index (κ1) is 15.2. The second kappa shape index (κ2) is 7.59. The molecule has 0 bridgehead atoms. The summed E-state index contributed by atoms with van der Waals surface area (Å²) in [6.07, 6.45) is 1.71. The van der Waals surface area contributed by atoms with E-state index >= 15 is 0 Å². The van der Waals surface area contributed by atoms with Crippen LogP contribution in [0.1, 0.15) is 12.5 Å². The summed E-state index contributed by atoms with van der Waals surface area (Å²) in [5, 5.41) is 3.20. The van der Waals surface area contributed by atoms with E-state index in [0.717, 1.165) is 11.3 Å². The quantitative estimate of drug-likeness (QED) is 0.762. The Morgan fingerprint density at radius 2 is 2.16 bits per heavy atom. The highest BCUT2D eigenvalue weighted by molar-refractivity contribution is 5.80. The lowest BCUT2D eigenvalue weighted by molar-refractivity contribution is -0.130. The van der Waals surface area contributed by atoms with E-state index in [9.17, 15) is 4.79 Å². The summed E-state index contributed by atoms with van der Waals surface area (Å²) in [6.45, 7) is 6.55. The molecule has 4 nitrogen and oxygen atoms in total. The third-order valence-electron chi connectivity index (χ3n) is 2.74. The Bertz CT molecular complexity index is 430. The SMILES string of the molecule is C=CCOc1ccccc1CNC(C)C(=O)N(C)C. The fourth-order valence-electron chi connectivity index (χ4n) is 1.68. The minimum absolute atomic E-state index is 0.0597. The molecule has 0 radical (unpaired) electrons. The van der Waals surface area contributed by atoms with E-state index in [4.69, 9.17) is 4.74 Å². The van der Waals surface area contributed by atoms with Crippen molar-refractivity contribution in [3.05, 3.63) is 42.5 Å². The smallest absolute Gasteiger partial charge is 0.238 e. The van der Waals surface area contributed by atoms with Crippen LogP contribution in [0.4, 0.5) is 0 Å². The number of hydrogen-bond donors (Lipinski definition) is 1. The van der Waals surface area contributed by atoms with Crippen molar-refractivity contribution in [2.75, 3.05) is 20.7 Å². The molecule has 0 aliphatic carbocycles. The predicted molar refractivity (Wildman–Crippen MR) is 77.1 cm³/mol. The molecule has 0 spiro atoms. The van der Waals surface area contributed by atoms with Gasteiger partial charge in [0.1, 0.15) is 12.4 Å². The molecule has 1 amide bonds. The number of rotatable bonds is 7. The van der Waals surface area contributed by atoms with Gasteiger partial charge in [0.15, 0.2) is 0 Å². The van der Waals surface area contributed by atoms with Gasteiger partial charge < -0.3 is 15.0 Å². The highest BCUT2D eigenvalue weighted by Crippen LogP contribution is 2.17. The number of hydrogen-bond acceptors (Lipinski definition) is 3. The van der Waals surface area contributed by atoms with Crippen LogP contribution in [0, 0.1) is 0 Å². The summed E-state index contributed by atoms with van der Waals surface area (Å²) < 4.78 is 5.57. The molecule has 1 aromatic rings. The number of carbonyl (C=O) groups is 1. The van der Waals surface area contributed by atoms with Crippen LogP contribution in [-0.4, -0.2) is 37.6 Å². The molecule has 0 saturated heterocycles. The van der Waals surface area contributed by atoms with Gasteiger partial charge in [0, 0.05) is 26.2 Å². The van der Waals surface area contributed by atoms with Gasteiger partial charge in [0.25, 0.3) is 0 Å². The minimum atomic E-state index is -0.220. The van der Waals surface area contributed by atoms with Crippen LogP contribution in [0.2, 0.25) is 0 Å². The number of ether oxygens (including phenoxy) is 1. The number of amides is 1. The van der Waals surface area contributed by atoms with Crippen molar-refractivity contribution < 1.29 is 9.53 Å². The van der Waals surface area contributed by atoms with E-state index in [1.54, 1.807) is 25.1 Å². The van der Waals surface area contributed by atoms with Crippen LogP contribution < -0.4 is 10.1 Å². The molecule has 1 unspecified atom stereocenters. The molecular weight excluding hydrogens is 240 g/mol. The van der Waals surface area contributed by atoms with Crippen LogP contribution >= 0.6 is 0 Å². The first-order valence-corrected chi connectivity index (χ1v) is 6.32. The maximum Gasteiger partial charge on any atom is 0.238 e. The summed E-state index contributed by atoms with van der Waals surface area (Å²) in [6, 6.07) is 7.56. The highest BCUT2D eigenvalue weighted by atomic mass is 16.5. The zero-order valence-electron chi connectivity index (χ0n) is 11.8. The van der Waals surface area contributed by atoms with Gasteiger partial charge in [0.2, 0.25) is 5.91 Å². The lowest BCUT2D eigenvalue weighted by atomic mass is 10.2. The summed E-state index contributed by atoms with van der Waals surface area (Å²) in [4.78, 5) is 13.3. The number of likely N-dealkylation sites (N-methyl/N-ethyl adjacent to an activating group) is 1. The second-order valence-corrected chi connectivity index (χ2v) is 4.54. The van der Waals surface area contributed by atoms with Crippen LogP contribution in [0.3, 0.4) is 0 Å². The van der Waals surface area contributed by atoms with Crippen molar-refractivity contribution in [1.29, 1.82) is 0 Å². The molecule has 0 fully saturated rings. The first-order chi connectivity index (χ1) is 9.06. The number of nitrogens with zero attached hydrogens (tertiary/aromatic N) is 1. The monoisotopic (exact) mass is 262 g/mol. The fourth-order valence-corrected chi connectivity index (χ4v) is 1.68. The summed E-state index contributed by atoms with van der Waals surface area (Å²) in [5.41, 5.74) is 1.03. The third-order valence-corrected chi connectivity index (χ3v) is 2.74. The Balaban J connectivity index is 2.61. The van der Waals surface area contributed by atoms with Gasteiger partial charge >= 0.3 is 0 Å². The lowest BCUT2D eigenvalue weighted by Gasteiger charge is -2.19. The Hall–Kier alpha value is -1.81. The van der Waals surface area contributed by atoms with E-state index in [0.29, 0.717) is 13.2 Å². The second-order valence-electron chi connectivity index (χ2n) is 4.54. The molecule has 1 rings (SSSR count). The van der Waals surface area contributed by atoms with Gasteiger partial charge in [-0.05, 0) is 13.0 Å². The van der Waals surface area contributed by atoms with E-state index in [-0.39, 0.29) is 11.9 Å². The van der Waals surface area contributed by atoms with Crippen molar-refractivity contribution in [3.8, 4) is 5.75 Å². The van der Waals surface area contributed by atoms with E-state index in [2.05, 4.69) is 11.9 Å². The standard InChI is InChI=1S/C15H22N2O2/c1-5-10-19-14-9-7-6-8-13(14)11-16-12(2)15(18)17(3)4/h5-9,12,16H,1,10-11H2,2-4H3. The molecule has 0 saturated carbocycles. The molecule has 1 N–H and O–H groups in total. The average Bonchev–Trinajstić information content (AvgIpc) is 2.42. The molecule has 1 atom stereocenters. The van der Waals surface area contributed by atoms with Gasteiger partial charge in [-0.3, -0.25) is 4.79 Å². The molecule has 0 aliphatic rings. The first-order valence-electron chi connectivity index (χ1n) is 6.32. The van der Waals surface area contributed by atoms with Gasteiger partial charge in [0.05, 0.1) is 6.04 Å². The Morgan fingerprint density at radius 1 is 1.47 bits per heavy atom. The zero-order chi connectivity index (χ0) is 14.3. The Morgan fingerprint density at radius 3 is 2.79 bits per heavy atom. The molecular formula is C15H22N2O2. The highest BCUT2D eigenvalue weighted by Gasteiger charge is 2.14.